The summed E-state index contributed by atoms with van der Waals surface area (Å²) in [6.07, 6.45) is 4.42. The van der Waals surface area contributed by atoms with Crippen LogP contribution in [-0.4, -0.2) is 26.8 Å². The quantitative estimate of drug-likeness (QED) is 0.359. The van der Waals surface area contributed by atoms with Gasteiger partial charge in [0, 0.05) is 18.3 Å². The number of halogens is 1. The summed E-state index contributed by atoms with van der Waals surface area (Å²) in [5.41, 5.74) is 1.94. The van der Waals surface area contributed by atoms with Gasteiger partial charge in [0.25, 0.3) is 5.69 Å². The number of aromatic nitrogens is 2. The second kappa shape index (κ2) is 7.83. The number of nitro benzene ring substituents is 1. The average Bonchev–Trinajstić information content (AvgIpc) is 3.25. The Morgan fingerprint density at radius 2 is 2.22 bits per heavy atom. The van der Waals surface area contributed by atoms with E-state index < -0.39 is 16.6 Å². The van der Waals surface area contributed by atoms with Gasteiger partial charge in [0.15, 0.2) is 5.76 Å². The summed E-state index contributed by atoms with van der Waals surface area (Å²) in [4.78, 5) is 22.1. The van der Waals surface area contributed by atoms with Crippen LogP contribution in [0.25, 0.3) is 0 Å². The molecule has 3 rings (SSSR count). The molecular weight excluding hydrogens is 422 g/mol. The zero-order valence-corrected chi connectivity index (χ0v) is 15.1. The number of nitrogens with one attached hydrogen (secondary N) is 1. The van der Waals surface area contributed by atoms with Gasteiger partial charge in [-0.15, -0.1) is 0 Å². The van der Waals surface area contributed by atoms with E-state index in [0.717, 1.165) is 28.9 Å². The number of hydrazone groups is 1. The van der Waals surface area contributed by atoms with Crippen LogP contribution >= 0.6 is 15.9 Å². The number of carbonyl (C=O) groups excluding carboxylic acids is 1. The van der Waals surface area contributed by atoms with Crippen molar-refractivity contribution in [2.45, 2.75) is 6.54 Å². The topological polar surface area (TPSA) is 139 Å². The zero-order chi connectivity index (χ0) is 19.4. The van der Waals surface area contributed by atoms with Crippen molar-refractivity contribution in [1.29, 1.82) is 0 Å². The Labute approximate surface area is 160 Å². The molecule has 0 aliphatic carbocycles. The first-order valence-corrected chi connectivity index (χ1v) is 8.27. The van der Waals surface area contributed by atoms with Gasteiger partial charge in [-0.05, 0) is 33.6 Å². The maximum absolute atomic E-state index is 12.0. The smallest absolute Gasteiger partial charge is 0.307 e. The molecule has 27 heavy (non-hydrogen) atoms. The molecule has 11 heteroatoms. The van der Waals surface area contributed by atoms with Crippen LogP contribution in [0.4, 0.5) is 5.69 Å². The fourth-order valence-electron chi connectivity index (χ4n) is 2.14. The summed E-state index contributed by atoms with van der Waals surface area (Å²) in [5.74, 6) is -0.545. The van der Waals surface area contributed by atoms with Crippen molar-refractivity contribution >= 4 is 33.7 Å². The number of benzene rings is 1. The van der Waals surface area contributed by atoms with E-state index in [1.54, 1.807) is 23.1 Å². The first kappa shape index (κ1) is 18.3. The highest BCUT2D eigenvalue weighted by atomic mass is 79.9. The molecule has 1 amide bonds. The van der Waals surface area contributed by atoms with Gasteiger partial charge < -0.3 is 9.52 Å². The van der Waals surface area contributed by atoms with E-state index in [1.807, 2.05) is 0 Å². The number of amides is 1. The van der Waals surface area contributed by atoms with E-state index in [9.17, 15) is 20.0 Å². The highest BCUT2D eigenvalue weighted by Crippen LogP contribution is 2.19. The van der Waals surface area contributed by atoms with E-state index >= 15 is 0 Å². The Morgan fingerprint density at radius 1 is 1.41 bits per heavy atom. The molecule has 0 aliphatic rings. The molecule has 0 radical (unpaired) electrons. The highest BCUT2D eigenvalue weighted by Gasteiger charge is 2.11. The van der Waals surface area contributed by atoms with Gasteiger partial charge in [-0.1, -0.05) is 11.8 Å². The maximum Gasteiger partial charge on any atom is 0.307 e. The van der Waals surface area contributed by atoms with E-state index in [4.69, 9.17) is 4.42 Å². The molecule has 1 aromatic carbocycles. The summed E-state index contributed by atoms with van der Waals surface area (Å²) in [6.45, 7) is 0.343. The summed E-state index contributed by atoms with van der Waals surface area (Å²) < 4.78 is 7.87. The maximum atomic E-state index is 12.0. The SMILES string of the molecule is O=C(NN=Cc1cc([N+](=O)[O-])ccc1[O-])c1ccc(Cn2cc(Br)cn2)o1. The summed E-state index contributed by atoms with van der Waals surface area (Å²) in [7, 11) is 0. The fourth-order valence-corrected chi connectivity index (χ4v) is 2.46. The Kier molecular flexibility index (Phi) is 5.31. The molecule has 2 heterocycles. The lowest BCUT2D eigenvalue weighted by molar-refractivity contribution is -0.385. The van der Waals surface area contributed by atoms with Crippen LogP contribution in [0.5, 0.6) is 5.75 Å². The van der Waals surface area contributed by atoms with Crippen molar-refractivity contribution in [2.24, 2.45) is 5.10 Å². The van der Waals surface area contributed by atoms with Crippen molar-refractivity contribution in [3.8, 4) is 5.75 Å². The predicted octanol–water partition coefficient (Wildman–Crippen LogP) is 2.03. The lowest BCUT2D eigenvalue weighted by atomic mass is 10.2. The van der Waals surface area contributed by atoms with Crippen molar-refractivity contribution in [1.82, 2.24) is 15.2 Å². The number of rotatable bonds is 6. The molecule has 0 spiro atoms. The van der Waals surface area contributed by atoms with Gasteiger partial charge in [0.05, 0.1) is 28.4 Å². The van der Waals surface area contributed by atoms with Gasteiger partial charge >= 0.3 is 5.91 Å². The third-order valence-corrected chi connectivity index (χ3v) is 3.79. The van der Waals surface area contributed by atoms with E-state index in [0.29, 0.717) is 12.3 Å². The molecule has 10 nitrogen and oxygen atoms in total. The number of furan rings is 1. The van der Waals surface area contributed by atoms with Crippen LogP contribution < -0.4 is 10.5 Å². The number of non-ortho nitro benzene ring substituents is 1. The highest BCUT2D eigenvalue weighted by molar-refractivity contribution is 9.10. The molecule has 3 aromatic rings. The monoisotopic (exact) mass is 432 g/mol. The Bertz CT molecular complexity index is 1030. The second-order valence-electron chi connectivity index (χ2n) is 5.30. The standard InChI is InChI=1S/C16H12BrN5O5/c17-11-7-19-21(8-11)9-13-2-4-15(27-13)16(24)20-18-6-10-5-12(22(25)26)1-3-14(10)23/h1-8,23H,9H2,(H,20,24)/p-1. The van der Waals surface area contributed by atoms with Gasteiger partial charge in [0.2, 0.25) is 0 Å². The number of hydrogen-bond acceptors (Lipinski definition) is 7. The largest absolute Gasteiger partial charge is 0.872 e. The van der Waals surface area contributed by atoms with Gasteiger partial charge in [-0.2, -0.15) is 10.2 Å². The van der Waals surface area contributed by atoms with Gasteiger partial charge in [0.1, 0.15) is 5.76 Å². The summed E-state index contributed by atoms with van der Waals surface area (Å²) in [5, 5.41) is 30.1. The first-order chi connectivity index (χ1) is 12.9. The number of carbonyl (C=O) groups is 1. The molecule has 0 atom stereocenters. The van der Waals surface area contributed by atoms with Crippen molar-refractivity contribution in [3.05, 3.63) is 74.4 Å². The van der Waals surface area contributed by atoms with E-state index in [-0.39, 0.29) is 17.0 Å². The Hall–Kier alpha value is -3.47. The number of nitro groups is 1. The Balaban J connectivity index is 1.63. The lowest BCUT2D eigenvalue weighted by Crippen LogP contribution is -2.17. The molecule has 0 unspecified atom stereocenters. The third-order valence-electron chi connectivity index (χ3n) is 3.38. The van der Waals surface area contributed by atoms with Crippen LogP contribution in [0.15, 0.2) is 56.7 Å². The summed E-state index contributed by atoms with van der Waals surface area (Å²) >= 11 is 3.29. The van der Waals surface area contributed by atoms with Crippen molar-refractivity contribution in [3.63, 3.8) is 0 Å². The van der Waals surface area contributed by atoms with Crippen LogP contribution in [0, 0.1) is 10.1 Å². The lowest BCUT2D eigenvalue weighted by Gasteiger charge is -2.08. The van der Waals surface area contributed by atoms with Gasteiger partial charge in [-0.25, -0.2) is 5.43 Å². The molecular formula is C16H11BrN5O5-. The minimum absolute atomic E-state index is 0.0195. The number of nitrogens with zero attached hydrogens (tertiary/aromatic N) is 4. The first-order valence-electron chi connectivity index (χ1n) is 7.48. The van der Waals surface area contributed by atoms with Crippen LogP contribution in [0.1, 0.15) is 21.9 Å². The Morgan fingerprint density at radius 3 is 2.93 bits per heavy atom. The minimum atomic E-state index is -0.628. The summed E-state index contributed by atoms with van der Waals surface area (Å²) in [6, 6.07) is 6.34. The molecule has 138 valence electrons. The molecule has 1 N–H and O–H groups in total. The van der Waals surface area contributed by atoms with E-state index in [2.05, 4.69) is 31.6 Å². The molecule has 0 aliphatic heterocycles. The fraction of sp³-hybridized carbons (Fsp3) is 0.0625. The molecule has 2 aromatic heterocycles. The molecule has 0 fully saturated rings. The van der Waals surface area contributed by atoms with Crippen molar-refractivity contribution < 1.29 is 19.2 Å². The molecule has 0 saturated carbocycles. The van der Waals surface area contributed by atoms with Gasteiger partial charge in [-0.3, -0.25) is 19.6 Å². The van der Waals surface area contributed by atoms with Crippen LogP contribution in [0.2, 0.25) is 0 Å². The van der Waals surface area contributed by atoms with E-state index in [1.165, 1.54) is 6.07 Å². The minimum Gasteiger partial charge on any atom is -0.872 e. The zero-order valence-electron chi connectivity index (χ0n) is 13.5. The number of hydrogen-bond donors (Lipinski definition) is 1. The van der Waals surface area contributed by atoms with Crippen LogP contribution in [-0.2, 0) is 6.54 Å². The normalized spacial score (nSPS) is 11.0. The van der Waals surface area contributed by atoms with Crippen LogP contribution in [0.3, 0.4) is 0 Å². The molecule has 0 saturated heterocycles. The average molecular weight is 433 g/mol. The predicted molar refractivity (Wildman–Crippen MR) is 95.3 cm³/mol. The second-order valence-corrected chi connectivity index (χ2v) is 6.22. The van der Waals surface area contributed by atoms with Crippen molar-refractivity contribution in [2.75, 3.05) is 0 Å². The molecule has 0 bridgehead atoms. The third kappa shape index (κ3) is 4.58.